The Labute approximate surface area is 73.2 Å². The molecule has 0 fully saturated rings. The molecule has 0 aliphatic carbocycles. The number of terminal acetylenes is 1. The summed E-state index contributed by atoms with van der Waals surface area (Å²) >= 11 is 0. The minimum absolute atomic E-state index is 0.0316. The third-order valence-electron chi connectivity index (χ3n) is 1.79. The molecule has 0 aromatic rings. The van der Waals surface area contributed by atoms with Crippen molar-refractivity contribution in [2.24, 2.45) is 5.92 Å². The Morgan fingerprint density at radius 3 is 2.67 bits per heavy atom. The normalized spacial score (nSPS) is 14.5. The van der Waals surface area contributed by atoms with Gasteiger partial charge < -0.3 is 10.4 Å². The maximum absolute atomic E-state index is 10.9. The molecular formula is C9H15NO2. The van der Waals surface area contributed by atoms with E-state index in [1.165, 1.54) is 0 Å². The average Bonchev–Trinajstić information content (AvgIpc) is 2.03. The van der Waals surface area contributed by atoms with Crippen LogP contribution < -0.4 is 5.32 Å². The van der Waals surface area contributed by atoms with Gasteiger partial charge in [-0.2, -0.15) is 0 Å². The lowest BCUT2D eigenvalue weighted by molar-refractivity contribution is -0.121. The number of carbonyl (C=O) groups excluding carboxylic acids is 1. The molecule has 12 heavy (non-hydrogen) atoms. The van der Waals surface area contributed by atoms with Gasteiger partial charge in [-0.15, -0.1) is 6.42 Å². The fourth-order valence-corrected chi connectivity index (χ4v) is 0.698. The fraction of sp³-hybridized carbons (Fsp3) is 0.667. The molecular weight excluding hydrogens is 154 g/mol. The molecule has 2 atom stereocenters. The van der Waals surface area contributed by atoms with Gasteiger partial charge >= 0.3 is 0 Å². The van der Waals surface area contributed by atoms with Gasteiger partial charge in [0, 0.05) is 12.6 Å². The van der Waals surface area contributed by atoms with E-state index in [0.29, 0.717) is 0 Å². The van der Waals surface area contributed by atoms with Crippen LogP contribution in [0.15, 0.2) is 0 Å². The summed E-state index contributed by atoms with van der Waals surface area (Å²) in [5, 5.41) is 11.4. The summed E-state index contributed by atoms with van der Waals surface area (Å²) < 4.78 is 0. The second kappa shape index (κ2) is 5.62. The van der Waals surface area contributed by atoms with Crippen LogP contribution in [0.3, 0.4) is 0 Å². The van der Waals surface area contributed by atoms with E-state index < -0.39 is 0 Å². The lowest BCUT2D eigenvalue weighted by atomic mass is 10.1. The van der Waals surface area contributed by atoms with Crippen molar-refractivity contribution < 1.29 is 9.90 Å². The van der Waals surface area contributed by atoms with Crippen LogP contribution in [0.1, 0.15) is 20.3 Å². The summed E-state index contributed by atoms with van der Waals surface area (Å²) in [6.45, 7) is 3.77. The molecule has 0 saturated carbocycles. The van der Waals surface area contributed by atoms with E-state index in [4.69, 9.17) is 11.5 Å². The summed E-state index contributed by atoms with van der Waals surface area (Å²) in [7, 11) is 0. The first-order valence-electron chi connectivity index (χ1n) is 3.95. The van der Waals surface area contributed by atoms with Gasteiger partial charge in [-0.05, 0) is 12.8 Å². The van der Waals surface area contributed by atoms with Gasteiger partial charge in [-0.25, -0.2) is 0 Å². The van der Waals surface area contributed by atoms with Crippen molar-refractivity contribution in [3.63, 3.8) is 0 Å². The number of rotatable bonds is 4. The van der Waals surface area contributed by atoms with Crippen molar-refractivity contribution in [3.05, 3.63) is 0 Å². The monoisotopic (exact) mass is 169 g/mol. The summed E-state index contributed by atoms with van der Waals surface area (Å²) in [6.07, 6.45) is 5.05. The molecule has 0 saturated heterocycles. The number of aliphatic hydroxyl groups excluding tert-OH is 1. The first-order valence-corrected chi connectivity index (χ1v) is 3.95. The van der Waals surface area contributed by atoms with Crippen LogP contribution in [-0.4, -0.2) is 23.7 Å². The van der Waals surface area contributed by atoms with Crippen molar-refractivity contribution in [2.45, 2.75) is 26.3 Å². The molecule has 68 valence electrons. The van der Waals surface area contributed by atoms with Crippen LogP contribution in [0, 0.1) is 18.3 Å². The van der Waals surface area contributed by atoms with Crippen LogP contribution >= 0.6 is 0 Å². The molecule has 2 unspecified atom stereocenters. The Bertz CT molecular complexity index is 183. The number of hydrogen-bond acceptors (Lipinski definition) is 2. The van der Waals surface area contributed by atoms with Gasteiger partial charge in [-0.1, -0.05) is 12.8 Å². The molecule has 0 heterocycles. The first-order chi connectivity index (χ1) is 5.61. The van der Waals surface area contributed by atoms with E-state index in [1.807, 2.05) is 13.8 Å². The van der Waals surface area contributed by atoms with Gasteiger partial charge in [0.05, 0.1) is 6.42 Å². The molecule has 0 radical (unpaired) electrons. The number of nitrogens with one attached hydrogen (secondary N) is 1. The van der Waals surface area contributed by atoms with Crippen LogP contribution in [0.2, 0.25) is 0 Å². The number of hydrogen-bond donors (Lipinski definition) is 2. The van der Waals surface area contributed by atoms with E-state index in [1.54, 1.807) is 0 Å². The molecule has 0 aromatic heterocycles. The summed E-state index contributed by atoms with van der Waals surface area (Å²) in [5.41, 5.74) is 0. The Morgan fingerprint density at radius 1 is 1.67 bits per heavy atom. The molecule has 1 amide bonds. The van der Waals surface area contributed by atoms with Crippen molar-refractivity contribution >= 4 is 5.91 Å². The van der Waals surface area contributed by atoms with Gasteiger partial charge in [-0.3, -0.25) is 4.79 Å². The molecule has 3 heteroatoms. The SMILES string of the molecule is C#CCC(=O)NC(C)C(C)CO. The molecule has 0 spiro atoms. The minimum Gasteiger partial charge on any atom is -0.396 e. The zero-order chi connectivity index (χ0) is 9.56. The van der Waals surface area contributed by atoms with Crippen molar-refractivity contribution in [2.75, 3.05) is 6.61 Å². The largest absolute Gasteiger partial charge is 0.396 e. The fourth-order valence-electron chi connectivity index (χ4n) is 0.698. The van der Waals surface area contributed by atoms with E-state index in [-0.39, 0.29) is 30.9 Å². The molecule has 0 bridgehead atoms. The second-order valence-electron chi connectivity index (χ2n) is 2.90. The van der Waals surface area contributed by atoms with Crippen LogP contribution in [0.25, 0.3) is 0 Å². The third kappa shape index (κ3) is 3.99. The molecule has 3 nitrogen and oxygen atoms in total. The Morgan fingerprint density at radius 2 is 2.25 bits per heavy atom. The zero-order valence-electron chi connectivity index (χ0n) is 7.50. The van der Waals surface area contributed by atoms with Crippen molar-refractivity contribution in [1.29, 1.82) is 0 Å². The van der Waals surface area contributed by atoms with Crippen molar-refractivity contribution in [3.8, 4) is 12.3 Å². The van der Waals surface area contributed by atoms with Crippen LogP contribution in [0.4, 0.5) is 0 Å². The topological polar surface area (TPSA) is 49.3 Å². The lowest BCUT2D eigenvalue weighted by Gasteiger charge is -2.18. The van der Waals surface area contributed by atoms with Gasteiger partial charge in [0.15, 0.2) is 0 Å². The third-order valence-corrected chi connectivity index (χ3v) is 1.79. The van der Waals surface area contributed by atoms with Gasteiger partial charge in [0.2, 0.25) is 5.91 Å². The predicted octanol–water partition coefficient (Wildman–Crippen LogP) is 0.143. The Balaban J connectivity index is 3.77. The molecule has 0 aliphatic rings. The number of aliphatic hydroxyl groups is 1. The smallest absolute Gasteiger partial charge is 0.232 e. The first kappa shape index (κ1) is 11.0. The average molecular weight is 169 g/mol. The van der Waals surface area contributed by atoms with Crippen molar-refractivity contribution in [1.82, 2.24) is 5.32 Å². The van der Waals surface area contributed by atoms with E-state index >= 15 is 0 Å². The highest BCUT2D eigenvalue weighted by Crippen LogP contribution is 2.00. The highest BCUT2D eigenvalue weighted by atomic mass is 16.3. The molecule has 0 aliphatic heterocycles. The van der Waals surface area contributed by atoms with Gasteiger partial charge in [0.25, 0.3) is 0 Å². The molecule has 0 aromatic carbocycles. The maximum atomic E-state index is 10.9. The molecule has 0 rings (SSSR count). The van der Waals surface area contributed by atoms with Crippen LogP contribution in [0.5, 0.6) is 0 Å². The number of carbonyl (C=O) groups is 1. The van der Waals surface area contributed by atoms with E-state index in [9.17, 15) is 4.79 Å². The highest BCUT2D eigenvalue weighted by molar-refractivity contribution is 5.78. The second-order valence-corrected chi connectivity index (χ2v) is 2.90. The lowest BCUT2D eigenvalue weighted by Crippen LogP contribution is -2.38. The molecule has 2 N–H and O–H groups in total. The number of amides is 1. The summed E-state index contributed by atoms with van der Waals surface area (Å²) in [4.78, 5) is 10.9. The zero-order valence-corrected chi connectivity index (χ0v) is 7.50. The Hall–Kier alpha value is -1.01. The quantitative estimate of drug-likeness (QED) is 0.588. The van der Waals surface area contributed by atoms with Gasteiger partial charge in [0.1, 0.15) is 0 Å². The summed E-state index contributed by atoms with van der Waals surface area (Å²) in [5.74, 6) is 2.16. The predicted molar refractivity (Wildman–Crippen MR) is 47.3 cm³/mol. The highest BCUT2D eigenvalue weighted by Gasteiger charge is 2.12. The Kier molecular flexibility index (Phi) is 5.14. The summed E-state index contributed by atoms with van der Waals surface area (Å²) in [6, 6.07) is -0.0316. The van der Waals surface area contributed by atoms with E-state index in [0.717, 1.165) is 0 Å². The standard InChI is InChI=1S/C9H15NO2/c1-4-5-9(12)10-8(3)7(2)6-11/h1,7-8,11H,5-6H2,2-3H3,(H,10,12). The van der Waals surface area contributed by atoms with Crippen LogP contribution in [-0.2, 0) is 4.79 Å². The van der Waals surface area contributed by atoms with E-state index in [2.05, 4.69) is 11.2 Å². The minimum atomic E-state index is -0.162. The maximum Gasteiger partial charge on any atom is 0.232 e.